The molecule has 4 heteroatoms. The standard InChI is InChI=1S/C12H19NO3/c1-12(2,3)16-11(15)13-9-6-4-5-7(9)8(5)10(6)14/h5-10,14H,4H2,1-3H3,(H,13,15)/t5-,6-,7+,8-,9-,10-/m1/s1. The number of nitrogens with one attached hydrogen (secondary N) is 1. The molecule has 90 valence electrons. The molecule has 0 aromatic rings. The first-order valence-electron chi connectivity index (χ1n) is 6.06. The van der Waals surface area contributed by atoms with E-state index in [1.165, 1.54) is 0 Å². The minimum absolute atomic E-state index is 0.153. The van der Waals surface area contributed by atoms with E-state index in [-0.39, 0.29) is 24.2 Å². The topological polar surface area (TPSA) is 58.6 Å². The van der Waals surface area contributed by atoms with Crippen molar-refractivity contribution in [3.8, 4) is 0 Å². The van der Waals surface area contributed by atoms with Crippen LogP contribution in [0.4, 0.5) is 4.79 Å². The molecule has 4 rings (SSSR count). The van der Waals surface area contributed by atoms with E-state index in [1.54, 1.807) is 0 Å². The van der Waals surface area contributed by atoms with Crippen molar-refractivity contribution in [3.63, 3.8) is 0 Å². The minimum Gasteiger partial charge on any atom is -0.444 e. The van der Waals surface area contributed by atoms with Gasteiger partial charge in [0.2, 0.25) is 0 Å². The number of carbonyl (C=O) groups is 1. The smallest absolute Gasteiger partial charge is 0.407 e. The first-order chi connectivity index (χ1) is 7.38. The molecule has 4 aliphatic rings. The van der Waals surface area contributed by atoms with Gasteiger partial charge in [-0.2, -0.15) is 0 Å². The maximum atomic E-state index is 11.6. The van der Waals surface area contributed by atoms with Gasteiger partial charge in [0.25, 0.3) is 0 Å². The third-order valence-corrected chi connectivity index (χ3v) is 4.23. The summed E-state index contributed by atoms with van der Waals surface area (Å²) in [4.78, 5) is 11.6. The van der Waals surface area contributed by atoms with Crippen molar-refractivity contribution in [2.45, 2.75) is 44.9 Å². The van der Waals surface area contributed by atoms with Crippen LogP contribution in [0, 0.1) is 23.7 Å². The van der Waals surface area contributed by atoms with Gasteiger partial charge in [-0.3, -0.25) is 0 Å². The number of aliphatic hydroxyl groups is 1. The SMILES string of the molecule is CC(C)(C)OC(=O)N[C@@H]1[C@H]2C[C@H]3[C@@H]([C@@H]2O)[C@H]31. The first kappa shape index (κ1) is 10.4. The van der Waals surface area contributed by atoms with Gasteiger partial charge < -0.3 is 15.2 Å². The Balaban J connectivity index is 1.59. The van der Waals surface area contributed by atoms with Crippen molar-refractivity contribution in [2.24, 2.45) is 23.7 Å². The summed E-state index contributed by atoms with van der Waals surface area (Å²) in [6, 6.07) is 0.153. The second kappa shape index (κ2) is 2.92. The summed E-state index contributed by atoms with van der Waals surface area (Å²) in [5, 5.41) is 12.8. The van der Waals surface area contributed by atoms with Crippen LogP contribution in [-0.2, 0) is 4.74 Å². The summed E-state index contributed by atoms with van der Waals surface area (Å²) in [6.45, 7) is 5.57. The fourth-order valence-corrected chi connectivity index (χ4v) is 3.76. The van der Waals surface area contributed by atoms with Crippen LogP contribution in [0.5, 0.6) is 0 Å². The lowest BCUT2D eigenvalue weighted by Crippen LogP contribution is -2.42. The summed E-state index contributed by atoms with van der Waals surface area (Å²) < 4.78 is 5.24. The maximum absolute atomic E-state index is 11.6. The summed E-state index contributed by atoms with van der Waals surface area (Å²) in [7, 11) is 0. The van der Waals surface area contributed by atoms with Gasteiger partial charge in [-0.1, -0.05) is 0 Å². The van der Waals surface area contributed by atoms with Crippen LogP contribution in [0.2, 0.25) is 0 Å². The molecule has 4 bridgehead atoms. The lowest BCUT2D eigenvalue weighted by Gasteiger charge is -2.23. The number of hydrogen-bond donors (Lipinski definition) is 2. The quantitative estimate of drug-likeness (QED) is 0.703. The highest BCUT2D eigenvalue weighted by molar-refractivity contribution is 5.68. The molecule has 0 aromatic carbocycles. The molecule has 0 spiro atoms. The number of hydrogen-bond acceptors (Lipinski definition) is 3. The molecule has 4 fully saturated rings. The lowest BCUT2D eigenvalue weighted by molar-refractivity contribution is 0.0476. The molecule has 0 saturated heterocycles. The van der Waals surface area contributed by atoms with Gasteiger partial charge in [0.15, 0.2) is 0 Å². The molecule has 0 aliphatic heterocycles. The molecule has 0 aromatic heterocycles. The molecule has 4 nitrogen and oxygen atoms in total. The van der Waals surface area contributed by atoms with E-state index in [2.05, 4.69) is 5.32 Å². The zero-order valence-corrected chi connectivity index (χ0v) is 9.93. The summed E-state index contributed by atoms with van der Waals surface area (Å²) in [5.74, 6) is 1.92. The van der Waals surface area contributed by atoms with Crippen LogP contribution in [0.15, 0.2) is 0 Å². The third-order valence-electron chi connectivity index (χ3n) is 4.23. The Morgan fingerprint density at radius 3 is 2.38 bits per heavy atom. The minimum atomic E-state index is -0.451. The summed E-state index contributed by atoms with van der Waals surface area (Å²) >= 11 is 0. The molecule has 0 radical (unpaired) electrons. The Hall–Kier alpha value is -0.770. The van der Waals surface area contributed by atoms with E-state index in [0.29, 0.717) is 17.8 Å². The highest BCUT2D eigenvalue weighted by Crippen LogP contribution is 2.70. The highest BCUT2D eigenvalue weighted by atomic mass is 16.6. The zero-order valence-electron chi connectivity index (χ0n) is 9.93. The Labute approximate surface area is 95.4 Å². The Kier molecular flexibility index (Phi) is 1.89. The predicted molar refractivity (Wildman–Crippen MR) is 57.7 cm³/mol. The van der Waals surface area contributed by atoms with Crippen molar-refractivity contribution in [1.82, 2.24) is 5.32 Å². The van der Waals surface area contributed by atoms with Gasteiger partial charge in [0.05, 0.1) is 6.10 Å². The molecule has 16 heavy (non-hydrogen) atoms. The lowest BCUT2D eigenvalue weighted by atomic mass is 10.1. The van der Waals surface area contributed by atoms with Crippen LogP contribution in [-0.4, -0.2) is 28.9 Å². The fraction of sp³-hybridized carbons (Fsp3) is 0.917. The number of alkyl carbamates (subject to hydrolysis) is 1. The van der Waals surface area contributed by atoms with Crippen LogP contribution in [0.3, 0.4) is 0 Å². The molecule has 4 saturated carbocycles. The predicted octanol–water partition coefficient (Wildman–Crippen LogP) is 1.14. The van der Waals surface area contributed by atoms with Crippen molar-refractivity contribution in [2.75, 3.05) is 0 Å². The maximum Gasteiger partial charge on any atom is 0.407 e. The Morgan fingerprint density at radius 2 is 2.00 bits per heavy atom. The average Bonchev–Trinajstić information content (AvgIpc) is 2.43. The number of amides is 1. The van der Waals surface area contributed by atoms with Crippen LogP contribution < -0.4 is 5.32 Å². The van der Waals surface area contributed by atoms with E-state index in [4.69, 9.17) is 4.74 Å². The molecule has 0 heterocycles. The van der Waals surface area contributed by atoms with Gasteiger partial charge in [-0.25, -0.2) is 4.79 Å². The van der Waals surface area contributed by atoms with Gasteiger partial charge in [0, 0.05) is 12.0 Å². The zero-order chi connectivity index (χ0) is 11.7. The second-order valence-corrected chi connectivity index (χ2v) is 6.38. The van der Waals surface area contributed by atoms with E-state index in [0.717, 1.165) is 6.42 Å². The van der Waals surface area contributed by atoms with Crippen LogP contribution >= 0.6 is 0 Å². The molecule has 0 unspecified atom stereocenters. The van der Waals surface area contributed by atoms with Gasteiger partial charge in [0.1, 0.15) is 5.60 Å². The van der Waals surface area contributed by atoms with Crippen LogP contribution in [0.25, 0.3) is 0 Å². The van der Waals surface area contributed by atoms with Crippen molar-refractivity contribution < 1.29 is 14.6 Å². The van der Waals surface area contributed by atoms with Crippen molar-refractivity contribution >= 4 is 6.09 Å². The Morgan fingerprint density at radius 1 is 1.31 bits per heavy atom. The monoisotopic (exact) mass is 225 g/mol. The number of ether oxygens (including phenoxy) is 1. The van der Waals surface area contributed by atoms with E-state index >= 15 is 0 Å². The second-order valence-electron chi connectivity index (χ2n) is 6.38. The van der Waals surface area contributed by atoms with Crippen molar-refractivity contribution in [1.29, 1.82) is 0 Å². The van der Waals surface area contributed by atoms with Gasteiger partial charge in [-0.05, 0) is 44.9 Å². The highest BCUT2D eigenvalue weighted by Gasteiger charge is 2.73. The molecule has 6 atom stereocenters. The third kappa shape index (κ3) is 1.35. The molecule has 2 N–H and O–H groups in total. The van der Waals surface area contributed by atoms with E-state index in [9.17, 15) is 9.90 Å². The Bertz CT molecular complexity index is 336. The fourth-order valence-electron chi connectivity index (χ4n) is 3.76. The number of carbonyl (C=O) groups excluding carboxylic acids is 1. The molecular formula is C12H19NO3. The van der Waals surface area contributed by atoms with Crippen molar-refractivity contribution in [3.05, 3.63) is 0 Å². The van der Waals surface area contributed by atoms with E-state index in [1.807, 2.05) is 20.8 Å². The van der Waals surface area contributed by atoms with E-state index < -0.39 is 5.60 Å². The molecule has 1 amide bonds. The van der Waals surface area contributed by atoms with Crippen LogP contribution in [0.1, 0.15) is 27.2 Å². The van der Waals surface area contributed by atoms with Gasteiger partial charge >= 0.3 is 6.09 Å². The number of aliphatic hydroxyl groups excluding tert-OH is 1. The molecule has 4 aliphatic carbocycles. The molecular weight excluding hydrogens is 206 g/mol. The summed E-state index contributed by atoms with van der Waals surface area (Å²) in [5.41, 5.74) is -0.451. The van der Waals surface area contributed by atoms with Gasteiger partial charge in [-0.15, -0.1) is 0 Å². The normalized spacial score (nSPS) is 48.0. The summed E-state index contributed by atoms with van der Waals surface area (Å²) in [6.07, 6.45) is 0.551. The number of rotatable bonds is 1. The average molecular weight is 225 g/mol. The largest absolute Gasteiger partial charge is 0.444 e. The first-order valence-corrected chi connectivity index (χ1v) is 6.06.